The number of hydrogen-bond acceptors (Lipinski definition) is 3. The summed E-state index contributed by atoms with van der Waals surface area (Å²) in [6.07, 6.45) is 2.01. The molecule has 34 heavy (non-hydrogen) atoms. The fourth-order valence-corrected chi connectivity index (χ4v) is 4.34. The normalized spacial score (nSPS) is 12.2. The summed E-state index contributed by atoms with van der Waals surface area (Å²) in [6, 6.07) is 14.6. The van der Waals surface area contributed by atoms with Gasteiger partial charge in [0.1, 0.15) is 5.69 Å². The van der Waals surface area contributed by atoms with Gasteiger partial charge < -0.3 is 10.2 Å². The zero-order valence-electron chi connectivity index (χ0n) is 21.9. The number of benzene rings is 2. The van der Waals surface area contributed by atoms with Gasteiger partial charge in [0.05, 0.1) is 11.4 Å². The molecule has 1 N–H and O–H groups in total. The van der Waals surface area contributed by atoms with Crippen LogP contribution in [-0.4, -0.2) is 46.3 Å². The third-order valence-electron chi connectivity index (χ3n) is 6.71. The molecule has 0 fully saturated rings. The summed E-state index contributed by atoms with van der Waals surface area (Å²) in [5, 5.41) is 8.11. The van der Waals surface area contributed by atoms with Crippen LogP contribution in [0.5, 0.6) is 0 Å². The predicted octanol–water partition coefficient (Wildman–Crippen LogP) is 6.01. The largest absolute Gasteiger partial charge is 0.348 e. The first-order chi connectivity index (χ1) is 16.2. The first-order valence-corrected chi connectivity index (χ1v) is 12.5. The molecule has 1 unspecified atom stereocenters. The molecule has 3 aromatic rings. The Labute approximate surface area is 205 Å². The maximum atomic E-state index is 13.4. The van der Waals surface area contributed by atoms with Crippen molar-refractivity contribution in [3.05, 3.63) is 70.4 Å². The van der Waals surface area contributed by atoms with E-state index in [1.807, 2.05) is 12.1 Å². The molecule has 0 bridgehead atoms. The van der Waals surface area contributed by atoms with Crippen LogP contribution in [0, 0.1) is 27.7 Å². The average Bonchev–Trinajstić information content (AvgIpc) is 3.24. The molecule has 2 aromatic carbocycles. The molecule has 0 aliphatic carbocycles. The smallest absolute Gasteiger partial charge is 0.270 e. The molecule has 0 aliphatic rings. The van der Waals surface area contributed by atoms with Gasteiger partial charge in [-0.15, -0.1) is 0 Å². The van der Waals surface area contributed by atoms with E-state index in [0.29, 0.717) is 5.69 Å². The average molecular weight is 461 g/mol. The first kappa shape index (κ1) is 25.7. The van der Waals surface area contributed by atoms with Crippen LogP contribution < -0.4 is 5.32 Å². The number of hydrogen-bond donors (Lipinski definition) is 1. The standard InChI is InChI=1S/C29H40N4O/c1-8-32(9-2)16-10-11-24(7)30-29(34)28-19-26(25-14-13-21(4)22(5)18-25)31-33(28)27-15-12-20(3)17-23(27)6/h12-15,17-19,24H,8-11,16H2,1-7H3,(H,30,34). The molecule has 5 heteroatoms. The van der Waals surface area contributed by atoms with Crippen LogP contribution in [0.25, 0.3) is 16.9 Å². The summed E-state index contributed by atoms with van der Waals surface area (Å²) in [5.74, 6) is -0.0853. The van der Waals surface area contributed by atoms with E-state index >= 15 is 0 Å². The van der Waals surface area contributed by atoms with E-state index < -0.39 is 0 Å². The van der Waals surface area contributed by atoms with E-state index in [0.717, 1.165) is 55.0 Å². The predicted molar refractivity (Wildman–Crippen MR) is 142 cm³/mol. The van der Waals surface area contributed by atoms with Crippen LogP contribution in [-0.2, 0) is 0 Å². The van der Waals surface area contributed by atoms with Gasteiger partial charge in [0.15, 0.2) is 0 Å². The molecule has 0 saturated heterocycles. The highest BCUT2D eigenvalue weighted by molar-refractivity contribution is 5.94. The number of carbonyl (C=O) groups is 1. The molecule has 0 aliphatic heterocycles. The SMILES string of the molecule is CCN(CC)CCCC(C)NC(=O)c1cc(-c2ccc(C)c(C)c2)nn1-c1ccc(C)cc1C. The Morgan fingerprint density at radius 3 is 2.35 bits per heavy atom. The zero-order chi connectivity index (χ0) is 24.8. The lowest BCUT2D eigenvalue weighted by Crippen LogP contribution is -2.34. The second kappa shape index (κ2) is 11.5. The van der Waals surface area contributed by atoms with Crippen molar-refractivity contribution in [2.75, 3.05) is 19.6 Å². The summed E-state index contributed by atoms with van der Waals surface area (Å²) >= 11 is 0. The molecule has 0 saturated carbocycles. The fraction of sp³-hybridized carbons (Fsp3) is 0.448. The summed E-state index contributed by atoms with van der Waals surface area (Å²) in [5.41, 5.74) is 8.07. The Morgan fingerprint density at radius 1 is 0.971 bits per heavy atom. The van der Waals surface area contributed by atoms with Crippen molar-refractivity contribution in [3.8, 4) is 16.9 Å². The van der Waals surface area contributed by atoms with Crippen molar-refractivity contribution >= 4 is 5.91 Å². The number of nitrogens with zero attached hydrogens (tertiary/aromatic N) is 3. The molecule has 0 spiro atoms. The zero-order valence-corrected chi connectivity index (χ0v) is 21.9. The Morgan fingerprint density at radius 2 is 1.71 bits per heavy atom. The van der Waals surface area contributed by atoms with E-state index in [9.17, 15) is 4.79 Å². The van der Waals surface area contributed by atoms with Crippen molar-refractivity contribution in [1.82, 2.24) is 20.0 Å². The van der Waals surface area contributed by atoms with E-state index in [1.54, 1.807) is 4.68 Å². The molecular formula is C29H40N4O. The lowest BCUT2D eigenvalue weighted by Gasteiger charge is -2.20. The van der Waals surface area contributed by atoms with Crippen molar-refractivity contribution in [3.63, 3.8) is 0 Å². The first-order valence-electron chi connectivity index (χ1n) is 12.5. The molecule has 1 aromatic heterocycles. The quantitative estimate of drug-likeness (QED) is 0.403. The van der Waals surface area contributed by atoms with Gasteiger partial charge in [-0.05, 0) is 102 Å². The third kappa shape index (κ3) is 6.15. The van der Waals surface area contributed by atoms with E-state index in [-0.39, 0.29) is 11.9 Å². The Bertz CT molecular complexity index is 1130. The number of carbonyl (C=O) groups excluding carboxylic acids is 1. The lowest BCUT2D eigenvalue weighted by molar-refractivity contribution is 0.0929. The highest BCUT2D eigenvalue weighted by Gasteiger charge is 2.20. The minimum absolute atomic E-state index is 0.0853. The highest BCUT2D eigenvalue weighted by atomic mass is 16.2. The molecule has 0 radical (unpaired) electrons. The van der Waals surface area contributed by atoms with E-state index in [2.05, 4.69) is 89.0 Å². The van der Waals surface area contributed by atoms with Gasteiger partial charge in [0, 0.05) is 11.6 Å². The molecule has 182 valence electrons. The topological polar surface area (TPSA) is 50.2 Å². The maximum absolute atomic E-state index is 13.4. The van der Waals surface area contributed by atoms with Crippen LogP contribution in [0.1, 0.15) is 66.4 Å². The molecular weight excluding hydrogens is 420 g/mol. The van der Waals surface area contributed by atoms with Gasteiger partial charge in [0.25, 0.3) is 5.91 Å². The van der Waals surface area contributed by atoms with Crippen LogP contribution in [0.15, 0.2) is 42.5 Å². The summed E-state index contributed by atoms with van der Waals surface area (Å²) in [4.78, 5) is 15.8. The van der Waals surface area contributed by atoms with E-state index in [1.165, 1.54) is 16.7 Å². The molecule has 1 atom stereocenters. The molecule has 1 heterocycles. The minimum Gasteiger partial charge on any atom is -0.348 e. The summed E-state index contributed by atoms with van der Waals surface area (Å²) in [7, 11) is 0. The number of aryl methyl sites for hydroxylation is 4. The number of rotatable bonds is 10. The van der Waals surface area contributed by atoms with Crippen LogP contribution in [0.2, 0.25) is 0 Å². The lowest BCUT2D eigenvalue weighted by atomic mass is 10.0. The summed E-state index contributed by atoms with van der Waals surface area (Å²) in [6.45, 7) is 18.0. The van der Waals surface area contributed by atoms with Crippen molar-refractivity contribution < 1.29 is 4.79 Å². The van der Waals surface area contributed by atoms with Crippen LogP contribution in [0.4, 0.5) is 0 Å². The molecule has 1 amide bonds. The molecule has 5 nitrogen and oxygen atoms in total. The third-order valence-corrected chi connectivity index (χ3v) is 6.71. The van der Waals surface area contributed by atoms with Gasteiger partial charge in [-0.2, -0.15) is 5.10 Å². The fourth-order valence-electron chi connectivity index (χ4n) is 4.34. The second-order valence-corrected chi connectivity index (χ2v) is 9.46. The number of nitrogens with one attached hydrogen (secondary N) is 1. The minimum atomic E-state index is -0.0853. The van der Waals surface area contributed by atoms with Gasteiger partial charge >= 0.3 is 0 Å². The van der Waals surface area contributed by atoms with Crippen molar-refractivity contribution in [2.24, 2.45) is 0 Å². The second-order valence-electron chi connectivity index (χ2n) is 9.46. The van der Waals surface area contributed by atoms with E-state index in [4.69, 9.17) is 5.10 Å². The van der Waals surface area contributed by atoms with Gasteiger partial charge in [-0.25, -0.2) is 4.68 Å². The van der Waals surface area contributed by atoms with Gasteiger partial charge in [-0.3, -0.25) is 4.79 Å². The highest BCUT2D eigenvalue weighted by Crippen LogP contribution is 2.25. The molecule has 3 rings (SSSR count). The number of amides is 1. The monoisotopic (exact) mass is 460 g/mol. The van der Waals surface area contributed by atoms with Gasteiger partial charge in [-0.1, -0.05) is 43.7 Å². The Hall–Kier alpha value is -2.92. The Balaban J connectivity index is 1.89. The Kier molecular flexibility index (Phi) is 8.67. The number of aromatic nitrogens is 2. The maximum Gasteiger partial charge on any atom is 0.270 e. The van der Waals surface area contributed by atoms with Crippen molar-refractivity contribution in [1.29, 1.82) is 0 Å². The van der Waals surface area contributed by atoms with Gasteiger partial charge in [0.2, 0.25) is 0 Å². The summed E-state index contributed by atoms with van der Waals surface area (Å²) < 4.78 is 1.80. The van der Waals surface area contributed by atoms with Crippen molar-refractivity contribution in [2.45, 2.75) is 67.3 Å². The van der Waals surface area contributed by atoms with Crippen LogP contribution in [0.3, 0.4) is 0 Å². The van der Waals surface area contributed by atoms with Crippen LogP contribution >= 0.6 is 0 Å².